The number of aromatic nitrogens is 2. The first-order valence-corrected chi connectivity index (χ1v) is 8.22. The topological polar surface area (TPSA) is 53.4 Å². The van der Waals surface area contributed by atoms with E-state index >= 15 is 0 Å². The quantitative estimate of drug-likeness (QED) is 0.937. The van der Waals surface area contributed by atoms with Gasteiger partial charge in [0.25, 0.3) is 0 Å². The number of rotatable bonds is 4. The van der Waals surface area contributed by atoms with E-state index in [9.17, 15) is 4.79 Å². The zero-order chi connectivity index (χ0) is 17.3. The van der Waals surface area contributed by atoms with Gasteiger partial charge in [0.05, 0.1) is 12.2 Å². The highest BCUT2D eigenvalue weighted by atomic mass is 16.2. The molecule has 3 rings (SSSR count). The molecule has 24 heavy (non-hydrogen) atoms. The maximum atomic E-state index is 12.4. The third-order valence-corrected chi connectivity index (χ3v) is 4.48. The molecule has 0 bridgehead atoms. The average molecular weight is 327 g/mol. The fourth-order valence-electron chi connectivity index (χ4n) is 3.10. The molecular weight excluding hydrogens is 302 g/mol. The number of carbonyl (C=O) groups is 1. The van der Waals surface area contributed by atoms with E-state index < -0.39 is 0 Å². The smallest absolute Gasteiger partial charge is 0.317 e. The maximum absolute atomic E-state index is 12.4. The van der Waals surface area contributed by atoms with Crippen LogP contribution in [-0.4, -0.2) is 39.7 Å². The molecule has 6 heteroatoms. The van der Waals surface area contributed by atoms with Crippen molar-refractivity contribution in [1.82, 2.24) is 24.9 Å². The molecule has 2 aromatic rings. The van der Waals surface area contributed by atoms with Crippen molar-refractivity contribution in [3.05, 3.63) is 52.8 Å². The largest absolute Gasteiger partial charge is 0.331 e. The Morgan fingerprint density at radius 1 is 1.33 bits per heavy atom. The highest BCUT2D eigenvalue weighted by Gasteiger charge is 2.18. The second-order valence-electron chi connectivity index (χ2n) is 6.75. The number of urea groups is 1. The minimum atomic E-state index is -0.0797. The Morgan fingerprint density at radius 3 is 2.79 bits per heavy atom. The number of nitrogens with zero attached hydrogens (tertiary/aromatic N) is 4. The van der Waals surface area contributed by atoms with Crippen LogP contribution in [-0.2, 0) is 26.7 Å². The number of carbonyl (C=O) groups excluding carboxylic acids is 1. The molecule has 0 aliphatic carbocycles. The van der Waals surface area contributed by atoms with Crippen molar-refractivity contribution in [1.29, 1.82) is 0 Å². The van der Waals surface area contributed by atoms with Crippen LogP contribution in [0.3, 0.4) is 0 Å². The summed E-state index contributed by atoms with van der Waals surface area (Å²) in [6.45, 7) is 4.56. The molecule has 0 saturated carbocycles. The molecule has 6 nitrogen and oxygen atoms in total. The van der Waals surface area contributed by atoms with Gasteiger partial charge in [-0.15, -0.1) is 0 Å². The van der Waals surface area contributed by atoms with Crippen molar-refractivity contribution in [3.63, 3.8) is 0 Å². The fraction of sp³-hybridized carbons (Fsp3) is 0.444. The number of aryl methyl sites for hydroxylation is 1. The van der Waals surface area contributed by atoms with Gasteiger partial charge in [0.1, 0.15) is 0 Å². The summed E-state index contributed by atoms with van der Waals surface area (Å²) < 4.78 is 1.74. The monoisotopic (exact) mass is 327 g/mol. The van der Waals surface area contributed by atoms with Gasteiger partial charge in [-0.3, -0.25) is 9.58 Å². The van der Waals surface area contributed by atoms with Crippen molar-refractivity contribution in [2.24, 2.45) is 7.05 Å². The zero-order valence-corrected chi connectivity index (χ0v) is 14.8. The summed E-state index contributed by atoms with van der Waals surface area (Å²) in [6.07, 6.45) is 3.70. The SMILES string of the molecule is C[C@H](NC(=O)N(C)Cc1ccc2c(c1)CN(C)C2)c1cnn(C)c1. The first-order valence-electron chi connectivity index (χ1n) is 8.22. The summed E-state index contributed by atoms with van der Waals surface area (Å²) in [6, 6.07) is 6.36. The third kappa shape index (κ3) is 3.59. The second kappa shape index (κ2) is 6.65. The van der Waals surface area contributed by atoms with Gasteiger partial charge in [-0.25, -0.2) is 4.79 Å². The molecule has 1 atom stereocenters. The molecule has 0 saturated heterocycles. The van der Waals surface area contributed by atoms with Crippen LogP contribution in [0.1, 0.15) is 35.2 Å². The van der Waals surface area contributed by atoms with Gasteiger partial charge in [-0.1, -0.05) is 18.2 Å². The molecule has 1 aliphatic heterocycles. The van der Waals surface area contributed by atoms with Crippen LogP contribution in [0.15, 0.2) is 30.6 Å². The van der Waals surface area contributed by atoms with Gasteiger partial charge in [-0.2, -0.15) is 5.10 Å². The first-order chi connectivity index (χ1) is 11.4. The van der Waals surface area contributed by atoms with E-state index in [1.54, 1.807) is 15.8 Å². The lowest BCUT2D eigenvalue weighted by atomic mass is 10.1. The minimum Gasteiger partial charge on any atom is -0.331 e. The third-order valence-electron chi connectivity index (χ3n) is 4.48. The summed E-state index contributed by atoms with van der Waals surface area (Å²) in [5.41, 5.74) is 4.92. The molecular formula is C18H25N5O. The summed E-state index contributed by atoms with van der Waals surface area (Å²) in [5, 5.41) is 7.16. The van der Waals surface area contributed by atoms with E-state index in [0.29, 0.717) is 6.54 Å². The Balaban J connectivity index is 1.59. The summed E-state index contributed by atoms with van der Waals surface area (Å²) in [7, 11) is 5.82. The van der Waals surface area contributed by atoms with E-state index in [4.69, 9.17) is 0 Å². The molecule has 1 aromatic heterocycles. The van der Waals surface area contributed by atoms with Crippen LogP contribution in [0.25, 0.3) is 0 Å². The highest BCUT2D eigenvalue weighted by molar-refractivity contribution is 5.74. The molecule has 0 spiro atoms. The predicted octanol–water partition coefficient (Wildman–Crippen LogP) is 2.27. The van der Waals surface area contributed by atoms with Crippen LogP contribution in [0.2, 0.25) is 0 Å². The van der Waals surface area contributed by atoms with Crippen LogP contribution in [0.5, 0.6) is 0 Å². The first kappa shape index (κ1) is 16.5. The summed E-state index contributed by atoms with van der Waals surface area (Å²) in [4.78, 5) is 16.4. The van der Waals surface area contributed by atoms with Crippen LogP contribution >= 0.6 is 0 Å². The second-order valence-corrected chi connectivity index (χ2v) is 6.75. The molecule has 2 amide bonds. The number of nitrogens with one attached hydrogen (secondary N) is 1. The number of hydrogen-bond acceptors (Lipinski definition) is 3. The van der Waals surface area contributed by atoms with Crippen molar-refractivity contribution in [2.45, 2.75) is 32.6 Å². The molecule has 1 aliphatic rings. The van der Waals surface area contributed by atoms with Crippen LogP contribution < -0.4 is 5.32 Å². The molecule has 1 aromatic carbocycles. The van der Waals surface area contributed by atoms with Crippen molar-refractivity contribution in [2.75, 3.05) is 14.1 Å². The molecule has 1 N–H and O–H groups in total. The van der Waals surface area contributed by atoms with Gasteiger partial charge in [0.2, 0.25) is 0 Å². The molecule has 2 heterocycles. The predicted molar refractivity (Wildman–Crippen MR) is 93.2 cm³/mol. The zero-order valence-electron chi connectivity index (χ0n) is 14.8. The standard InChI is InChI=1S/C18H25N5O/c1-13(17-8-19-23(4)12-17)20-18(24)22(3)9-14-5-6-15-10-21(2)11-16(15)7-14/h5-8,12-13H,9-11H2,1-4H3,(H,20,24)/t13-/m0/s1. The van der Waals surface area contributed by atoms with E-state index in [2.05, 4.69) is 40.6 Å². The van der Waals surface area contributed by atoms with Crippen LogP contribution in [0.4, 0.5) is 4.79 Å². The number of amides is 2. The molecule has 0 fully saturated rings. The Kier molecular flexibility index (Phi) is 4.57. The lowest BCUT2D eigenvalue weighted by molar-refractivity contribution is 0.203. The maximum Gasteiger partial charge on any atom is 0.317 e. The number of fused-ring (bicyclic) bond motifs is 1. The number of benzene rings is 1. The average Bonchev–Trinajstić information content (AvgIpc) is 3.11. The Labute approximate surface area is 143 Å². The molecule has 128 valence electrons. The highest BCUT2D eigenvalue weighted by Crippen LogP contribution is 2.23. The van der Waals surface area contributed by atoms with Crippen LogP contribution in [0, 0.1) is 0 Å². The van der Waals surface area contributed by atoms with Gasteiger partial charge in [0.15, 0.2) is 0 Å². The van der Waals surface area contributed by atoms with E-state index in [1.807, 2.05) is 27.2 Å². The normalized spacial score (nSPS) is 15.2. The van der Waals surface area contributed by atoms with E-state index in [-0.39, 0.29) is 12.1 Å². The summed E-state index contributed by atoms with van der Waals surface area (Å²) >= 11 is 0. The lowest BCUT2D eigenvalue weighted by Crippen LogP contribution is -2.38. The Morgan fingerprint density at radius 2 is 2.08 bits per heavy atom. The number of hydrogen-bond donors (Lipinski definition) is 1. The van der Waals surface area contributed by atoms with E-state index in [1.165, 1.54) is 11.1 Å². The van der Waals surface area contributed by atoms with Crippen molar-refractivity contribution >= 4 is 6.03 Å². The minimum absolute atomic E-state index is 0.0673. The summed E-state index contributed by atoms with van der Waals surface area (Å²) in [5.74, 6) is 0. The van der Waals surface area contributed by atoms with Crippen molar-refractivity contribution < 1.29 is 4.79 Å². The van der Waals surface area contributed by atoms with Gasteiger partial charge in [-0.05, 0) is 30.7 Å². The lowest BCUT2D eigenvalue weighted by Gasteiger charge is -2.21. The van der Waals surface area contributed by atoms with Gasteiger partial charge in [0, 0.05) is 45.5 Å². The van der Waals surface area contributed by atoms with E-state index in [0.717, 1.165) is 24.2 Å². The Bertz CT molecular complexity index is 739. The molecule has 0 unspecified atom stereocenters. The Hall–Kier alpha value is -2.34. The van der Waals surface area contributed by atoms with Gasteiger partial charge >= 0.3 is 6.03 Å². The van der Waals surface area contributed by atoms with Gasteiger partial charge < -0.3 is 10.2 Å². The fourth-order valence-corrected chi connectivity index (χ4v) is 3.10. The molecule has 0 radical (unpaired) electrons. The van der Waals surface area contributed by atoms with Crippen molar-refractivity contribution in [3.8, 4) is 0 Å².